The predicted octanol–water partition coefficient (Wildman–Crippen LogP) is 2.31. The van der Waals surface area contributed by atoms with E-state index >= 15 is 0 Å². The van der Waals surface area contributed by atoms with Crippen molar-refractivity contribution in [1.82, 2.24) is 9.78 Å². The summed E-state index contributed by atoms with van der Waals surface area (Å²) in [6, 6.07) is 4.66. The van der Waals surface area contributed by atoms with Gasteiger partial charge in [0.1, 0.15) is 18.2 Å². The molecule has 0 atom stereocenters. The number of carboxylic acid groups (broad SMARTS) is 1. The highest BCUT2D eigenvalue weighted by molar-refractivity contribution is 5.99. The lowest BCUT2D eigenvalue weighted by Crippen LogP contribution is -2.46. The zero-order chi connectivity index (χ0) is 17.3. The molecular weight excluding hydrogens is 320 g/mol. The maximum Gasteiger partial charge on any atom is 0.325 e. The monoisotopic (exact) mass is 335 g/mol. The molecule has 1 aromatic heterocycles. The number of aromatic nitrogens is 2. The van der Waals surface area contributed by atoms with Crippen LogP contribution in [0.2, 0.25) is 0 Å². The van der Waals surface area contributed by atoms with Crippen LogP contribution in [0.4, 0.5) is 14.6 Å². The van der Waals surface area contributed by atoms with Crippen molar-refractivity contribution in [2.24, 2.45) is 0 Å². The molecule has 1 aromatic carbocycles. The summed E-state index contributed by atoms with van der Waals surface area (Å²) in [6.07, 6.45) is 3.10. The summed E-state index contributed by atoms with van der Waals surface area (Å²) in [5.74, 6) is -2.74. The highest BCUT2D eigenvalue weighted by Crippen LogP contribution is 2.45. The van der Waals surface area contributed by atoms with Crippen LogP contribution in [0.25, 0.3) is 0 Å². The second-order valence-electron chi connectivity index (χ2n) is 5.81. The fraction of sp³-hybridized carbons (Fsp3) is 0.312. The average molecular weight is 335 g/mol. The van der Waals surface area contributed by atoms with Gasteiger partial charge in [-0.3, -0.25) is 14.3 Å². The third-order valence-corrected chi connectivity index (χ3v) is 4.27. The maximum absolute atomic E-state index is 14.1. The molecular formula is C16H15F2N3O3. The van der Waals surface area contributed by atoms with Crippen molar-refractivity contribution in [2.75, 3.05) is 5.32 Å². The lowest BCUT2D eigenvalue weighted by molar-refractivity contribution is -0.137. The van der Waals surface area contributed by atoms with Gasteiger partial charge in [-0.25, -0.2) is 8.78 Å². The minimum Gasteiger partial charge on any atom is -0.480 e. The smallest absolute Gasteiger partial charge is 0.325 e. The van der Waals surface area contributed by atoms with Crippen molar-refractivity contribution in [3.8, 4) is 0 Å². The summed E-state index contributed by atoms with van der Waals surface area (Å²) in [7, 11) is 0. The van der Waals surface area contributed by atoms with E-state index in [-0.39, 0.29) is 17.9 Å². The minimum absolute atomic E-state index is 0.164. The van der Waals surface area contributed by atoms with Crippen LogP contribution in [0.15, 0.2) is 30.5 Å². The number of nitrogens with one attached hydrogen (secondary N) is 1. The van der Waals surface area contributed by atoms with Gasteiger partial charge >= 0.3 is 5.97 Å². The van der Waals surface area contributed by atoms with Crippen molar-refractivity contribution in [1.29, 1.82) is 0 Å². The van der Waals surface area contributed by atoms with Crippen LogP contribution >= 0.6 is 0 Å². The number of aliphatic carboxylic acids is 1. The Morgan fingerprint density at radius 2 is 2.04 bits per heavy atom. The molecule has 0 bridgehead atoms. The highest BCUT2D eigenvalue weighted by Gasteiger charge is 2.47. The molecule has 0 spiro atoms. The number of hydrogen-bond donors (Lipinski definition) is 2. The molecule has 3 rings (SSSR count). The van der Waals surface area contributed by atoms with Crippen LogP contribution in [0.5, 0.6) is 0 Å². The highest BCUT2D eigenvalue weighted by atomic mass is 19.1. The fourth-order valence-electron chi connectivity index (χ4n) is 2.92. The molecule has 24 heavy (non-hydrogen) atoms. The van der Waals surface area contributed by atoms with E-state index in [1.54, 1.807) is 0 Å². The first-order valence-corrected chi connectivity index (χ1v) is 7.43. The van der Waals surface area contributed by atoms with E-state index in [0.717, 1.165) is 18.6 Å². The number of anilines is 1. The third kappa shape index (κ3) is 2.86. The quantitative estimate of drug-likeness (QED) is 0.878. The number of carbonyl (C=O) groups excluding carboxylic acids is 1. The molecule has 2 N–H and O–H groups in total. The first kappa shape index (κ1) is 16.1. The number of nitrogens with zero attached hydrogens (tertiary/aromatic N) is 2. The molecule has 1 fully saturated rings. The van der Waals surface area contributed by atoms with Gasteiger partial charge in [-0.15, -0.1) is 0 Å². The second-order valence-corrected chi connectivity index (χ2v) is 5.81. The number of amides is 1. The van der Waals surface area contributed by atoms with Gasteiger partial charge in [0.15, 0.2) is 5.82 Å². The summed E-state index contributed by atoms with van der Waals surface area (Å²) in [5.41, 5.74) is -0.883. The molecule has 1 heterocycles. The molecule has 6 nitrogen and oxygen atoms in total. The summed E-state index contributed by atoms with van der Waals surface area (Å²) in [5, 5.41) is 15.3. The normalized spacial score (nSPS) is 15.6. The maximum atomic E-state index is 14.1. The molecule has 0 saturated heterocycles. The zero-order valence-electron chi connectivity index (χ0n) is 12.6. The van der Waals surface area contributed by atoms with E-state index in [1.807, 2.05) is 0 Å². The minimum atomic E-state index is -1.06. The van der Waals surface area contributed by atoms with Crippen molar-refractivity contribution >= 4 is 17.7 Å². The molecule has 1 aliphatic rings. The number of halogens is 2. The lowest BCUT2D eigenvalue weighted by Gasteiger charge is -2.40. The lowest BCUT2D eigenvalue weighted by atomic mass is 9.63. The molecule has 8 heteroatoms. The molecule has 2 aromatic rings. The van der Waals surface area contributed by atoms with Crippen LogP contribution in [0.1, 0.15) is 24.8 Å². The number of benzene rings is 1. The molecule has 1 saturated carbocycles. The third-order valence-electron chi connectivity index (χ3n) is 4.27. The Morgan fingerprint density at radius 3 is 2.62 bits per heavy atom. The van der Waals surface area contributed by atoms with Crippen molar-refractivity contribution in [3.05, 3.63) is 47.7 Å². The van der Waals surface area contributed by atoms with Crippen LogP contribution in [-0.2, 0) is 21.5 Å². The van der Waals surface area contributed by atoms with Crippen molar-refractivity contribution in [3.63, 3.8) is 0 Å². The Kier molecular flexibility index (Phi) is 4.04. The Labute approximate surface area is 136 Å². The Balaban J connectivity index is 1.81. The van der Waals surface area contributed by atoms with Crippen LogP contribution < -0.4 is 5.32 Å². The molecule has 1 amide bonds. The first-order valence-electron chi connectivity index (χ1n) is 7.43. The van der Waals surface area contributed by atoms with Crippen molar-refractivity contribution < 1.29 is 23.5 Å². The average Bonchev–Trinajstić information content (AvgIpc) is 2.86. The molecule has 0 radical (unpaired) electrons. The molecule has 0 unspecified atom stereocenters. The first-order chi connectivity index (χ1) is 11.4. The number of carboxylic acids is 1. The van der Waals surface area contributed by atoms with Gasteiger partial charge in [-0.1, -0.05) is 12.5 Å². The number of rotatable bonds is 5. The molecule has 1 aliphatic carbocycles. The predicted molar refractivity (Wildman–Crippen MR) is 80.4 cm³/mol. The van der Waals surface area contributed by atoms with Gasteiger partial charge in [0, 0.05) is 23.9 Å². The Hall–Kier alpha value is -2.77. The second kappa shape index (κ2) is 6.03. The Bertz CT molecular complexity index is 800. The number of hydrogen-bond acceptors (Lipinski definition) is 3. The van der Waals surface area contributed by atoms with E-state index in [0.29, 0.717) is 12.8 Å². The van der Waals surface area contributed by atoms with E-state index in [2.05, 4.69) is 10.4 Å². The van der Waals surface area contributed by atoms with Gasteiger partial charge in [-0.2, -0.15) is 5.10 Å². The Morgan fingerprint density at radius 1 is 1.29 bits per heavy atom. The standard InChI is InChI=1S/C16H15F2N3O3/c17-10-2-3-11(12(18)8-10)16(5-1-6-16)15(24)19-13-4-7-21(20-13)9-14(22)23/h2-4,7-8H,1,5-6,9H2,(H,22,23)(H,19,20,24). The van der Waals surface area contributed by atoms with E-state index in [9.17, 15) is 18.4 Å². The summed E-state index contributed by atoms with van der Waals surface area (Å²) >= 11 is 0. The van der Waals surface area contributed by atoms with Crippen molar-refractivity contribution in [2.45, 2.75) is 31.2 Å². The summed E-state index contributed by atoms with van der Waals surface area (Å²) in [4.78, 5) is 23.3. The van der Waals surface area contributed by atoms with E-state index in [4.69, 9.17) is 5.11 Å². The van der Waals surface area contributed by atoms with Gasteiger partial charge in [0.25, 0.3) is 0 Å². The summed E-state index contributed by atoms with van der Waals surface area (Å²) < 4.78 is 28.4. The number of carbonyl (C=O) groups is 2. The van der Waals surface area contributed by atoms with Crippen LogP contribution in [0.3, 0.4) is 0 Å². The van der Waals surface area contributed by atoms with Gasteiger partial charge in [-0.05, 0) is 18.9 Å². The van der Waals surface area contributed by atoms with E-state index in [1.165, 1.54) is 23.0 Å². The topological polar surface area (TPSA) is 84.2 Å². The van der Waals surface area contributed by atoms with Gasteiger partial charge in [0.2, 0.25) is 5.91 Å². The largest absolute Gasteiger partial charge is 0.480 e. The summed E-state index contributed by atoms with van der Waals surface area (Å²) in [6.45, 7) is -0.326. The fourth-order valence-corrected chi connectivity index (χ4v) is 2.92. The van der Waals surface area contributed by atoms with Crippen LogP contribution in [-0.4, -0.2) is 26.8 Å². The SMILES string of the molecule is O=C(O)Cn1ccc(NC(=O)C2(c3ccc(F)cc3F)CCC2)n1. The van der Waals surface area contributed by atoms with E-state index < -0.39 is 28.9 Å². The zero-order valence-corrected chi connectivity index (χ0v) is 12.6. The van der Waals surface area contributed by atoms with Gasteiger partial charge in [0.05, 0.1) is 5.41 Å². The van der Waals surface area contributed by atoms with Crippen LogP contribution in [0, 0.1) is 11.6 Å². The molecule has 0 aliphatic heterocycles. The molecule has 126 valence electrons. The van der Waals surface area contributed by atoms with Gasteiger partial charge < -0.3 is 10.4 Å².